The second-order valence-electron chi connectivity index (χ2n) is 7.60. The molecule has 0 bridgehead atoms. The number of benzene rings is 1. The molecule has 0 radical (unpaired) electrons. The van der Waals surface area contributed by atoms with E-state index in [0.717, 1.165) is 37.4 Å². The van der Waals surface area contributed by atoms with Gasteiger partial charge in [0.15, 0.2) is 11.5 Å². The molecule has 1 amide bonds. The number of nitrogens with zero attached hydrogens (tertiary/aromatic N) is 4. The van der Waals surface area contributed by atoms with Gasteiger partial charge in [0.25, 0.3) is 5.91 Å². The van der Waals surface area contributed by atoms with Gasteiger partial charge in [0.2, 0.25) is 5.95 Å². The fourth-order valence-corrected chi connectivity index (χ4v) is 3.54. The van der Waals surface area contributed by atoms with Crippen LogP contribution in [0.15, 0.2) is 41.1 Å². The summed E-state index contributed by atoms with van der Waals surface area (Å²) in [5.74, 6) is 1.97. The van der Waals surface area contributed by atoms with E-state index in [2.05, 4.69) is 25.2 Å². The smallest absolute Gasteiger partial charge is 0.251 e. The first kappa shape index (κ1) is 18.4. The summed E-state index contributed by atoms with van der Waals surface area (Å²) >= 11 is 0. The van der Waals surface area contributed by atoms with Gasteiger partial charge in [-0.05, 0) is 43.0 Å². The molecule has 0 spiro atoms. The van der Waals surface area contributed by atoms with E-state index in [1.54, 1.807) is 24.5 Å². The Morgan fingerprint density at radius 3 is 2.93 bits per heavy atom. The highest BCUT2D eigenvalue weighted by Gasteiger charge is 2.22. The maximum Gasteiger partial charge on any atom is 0.251 e. The standard InChI is InChI=1S/C21H25N5O2/c1-14(2)20-25-17-11-16(6-7-18(17)28-20)19(27)24-12-15-5-3-10-26(13-15)21-22-8-4-9-23-21/h4,6-9,11,14-15H,3,5,10,12-13H2,1-2H3,(H,24,27). The molecule has 1 saturated heterocycles. The summed E-state index contributed by atoms with van der Waals surface area (Å²) in [6.45, 7) is 6.51. The predicted molar refractivity (Wildman–Crippen MR) is 107 cm³/mol. The molecule has 3 aromatic rings. The molecule has 0 saturated carbocycles. The lowest BCUT2D eigenvalue weighted by molar-refractivity contribution is 0.0945. The van der Waals surface area contributed by atoms with E-state index >= 15 is 0 Å². The largest absolute Gasteiger partial charge is 0.440 e. The van der Waals surface area contributed by atoms with Crippen LogP contribution in [-0.4, -0.2) is 40.5 Å². The zero-order valence-corrected chi connectivity index (χ0v) is 16.3. The number of rotatable bonds is 5. The molecule has 3 heterocycles. The van der Waals surface area contributed by atoms with Crippen LogP contribution in [-0.2, 0) is 0 Å². The normalized spacial score (nSPS) is 17.2. The van der Waals surface area contributed by atoms with E-state index in [-0.39, 0.29) is 11.8 Å². The fraction of sp³-hybridized carbons (Fsp3) is 0.429. The monoisotopic (exact) mass is 379 g/mol. The fourth-order valence-electron chi connectivity index (χ4n) is 3.54. The summed E-state index contributed by atoms with van der Waals surface area (Å²) in [4.78, 5) is 28.0. The Kier molecular flexibility index (Phi) is 5.23. The summed E-state index contributed by atoms with van der Waals surface area (Å²) < 4.78 is 5.71. The number of amides is 1. The zero-order chi connectivity index (χ0) is 19.5. The van der Waals surface area contributed by atoms with Crippen molar-refractivity contribution in [1.82, 2.24) is 20.3 Å². The molecular formula is C21H25N5O2. The Balaban J connectivity index is 1.38. The van der Waals surface area contributed by atoms with Gasteiger partial charge < -0.3 is 14.6 Å². The average Bonchev–Trinajstić information content (AvgIpc) is 3.17. The van der Waals surface area contributed by atoms with Gasteiger partial charge in [-0.3, -0.25) is 4.79 Å². The van der Waals surface area contributed by atoms with Crippen LogP contribution in [0.25, 0.3) is 11.1 Å². The minimum Gasteiger partial charge on any atom is -0.440 e. The van der Waals surface area contributed by atoms with Gasteiger partial charge in [-0.2, -0.15) is 0 Å². The quantitative estimate of drug-likeness (QED) is 0.731. The van der Waals surface area contributed by atoms with Gasteiger partial charge in [-0.1, -0.05) is 13.8 Å². The van der Waals surface area contributed by atoms with Crippen molar-refractivity contribution < 1.29 is 9.21 Å². The molecule has 1 aliphatic heterocycles. The molecule has 1 atom stereocenters. The van der Waals surface area contributed by atoms with E-state index in [1.807, 2.05) is 26.0 Å². The van der Waals surface area contributed by atoms with Gasteiger partial charge in [-0.15, -0.1) is 0 Å². The van der Waals surface area contributed by atoms with Crippen LogP contribution in [0.5, 0.6) is 0 Å². The Labute approximate surface area is 164 Å². The lowest BCUT2D eigenvalue weighted by atomic mass is 9.98. The molecule has 1 fully saturated rings. The third-order valence-corrected chi connectivity index (χ3v) is 5.07. The van der Waals surface area contributed by atoms with Crippen LogP contribution in [0.1, 0.15) is 48.9 Å². The summed E-state index contributed by atoms with van der Waals surface area (Å²) in [5.41, 5.74) is 2.04. The minimum absolute atomic E-state index is 0.0796. The molecule has 1 N–H and O–H groups in total. The molecule has 4 rings (SSSR count). The predicted octanol–water partition coefficient (Wildman–Crippen LogP) is 3.39. The maximum atomic E-state index is 12.6. The van der Waals surface area contributed by atoms with Gasteiger partial charge in [-0.25, -0.2) is 15.0 Å². The number of oxazole rings is 1. The Morgan fingerprint density at radius 1 is 1.32 bits per heavy atom. The number of fused-ring (bicyclic) bond motifs is 1. The lowest BCUT2D eigenvalue weighted by Gasteiger charge is -2.32. The average molecular weight is 379 g/mol. The van der Waals surface area contributed by atoms with Gasteiger partial charge in [0.1, 0.15) is 5.52 Å². The number of anilines is 1. The molecule has 1 unspecified atom stereocenters. The molecule has 7 nitrogen and oxygen atoms in total. The van der Waals surface area contributed by atoms with E-state index in [4.69, 9.17) is 4.42 Å². The molecule has 1 aliphatic rings. The zero-order valence-electron chi connectivity index (χ0n) is 16.3. The highest BCUT2D eigenvalue weighted by atomic mass is 16.3. The van der Waals surface area contributed by atoms with E-state index in [1.165, 1.54) is 0 Å². The van der Waals surface area contributed by atoms with Crippen LogP contribution in [0.3, 0.4) is 0 Å². The topological polar surface area (TPSA) is 84.2 Å². The van der Waals surface area contributed by atoms with Gasteiger partial charge in [0, 0.05) is 43.5 Å². The Bertz CT molecular complexity index is 954. The Hall–Kier alpha value is -2.96. The number of carbonyl (C=O) groups is 1. The highest BCUT2D eigenvalue weighted by molar-refractivity contribution is 5.97. The number of carbonyl (C=O) groups excluding carboxylic acids is 1. The minimum atomic E-state index is -0.0796. The first-order valence-electron chi connectivity index (χ1n) is 9.81. The molecule has 146 valence electrons. The maximum absolute atomic E-state index is 12.6. The van der Waals surface area contributed by atoms with Crippen molar-refractivity contribution in [2.75, 3.05) is 24.5 Å². The molecule has 0 aliphatic carbocycles. The molecule has 1 aromatic carbocycles. The molecule has 7 heteroatoms. The van der Waals surface area contributed by atoms with Crippen molar-refractivity contribution in [2.24, 2.45) is 5.92 Å². The summed E-state index contributed by atoms with van der Waals surface area (Å²) in [6.07, 6.45) is 5.68. The number of piperidine rings is 1. The number of aromatic nitrogens is 3. The first-order chi connectivity index (χ1) is 13.6. The van der Waals surface area contributed by atoms with Crippen molar-refractivity contribution in [2.45, 2.75) is 32.6 Å². The molecule has 28 heavy (non-hydrogen) atoms. The SMILES string of the molecule is CC(C)c1nc2cc(C(=O)NCC3CCCN(c4ncccn4)C3)ccc2o1. The van der Waals surface area contributed by atoms with E-state index < -0.39 is 0 Å². The van der Waals surface area contributed by atoms with Gasteiger partial charge >= 0.3 is 0 Å². The molecular weight excluding hydrogens is 354 g/mol. The van der Waals surface area contributed by atoms with E-state index in [0.29, 0.717) is 29.5 Å². The van der Waals surface area contributed by atoms with Crippen molar-refractivity contribution >= 4 is 23.0 Å². The first-order valence-corrected chi connectivity index (χ1v) is 9.81. The number of hydrogen-bond acceptors (Lipinski definition) is 6. The third-order valence-electron chi connectivity index (χ3n) is 5.07. The van der Waals surface area contributed by atoms with Crippen molar-refractivity contribution in [1.29, 1.82) is 0 Å². The van der Waals surface area contributed by atoms with Crippen LogP contribution in [0.2, 0.25) is 0 Å². The molecule has 2 aromatic heterocycles. The summed E-state index contributed by atoms with van der Waals surface area (Å²) in [6, 6.07) is 7.22. The van der Waals surface area contributed by atoms with Crippen LogP contribution < -0.4 is 10.2 Å². The third kappa shape index (κ3) is 3.98. The second-order valence-corrected chi connectivity index (χ2v) is 7.60. The summed E-state index contributed by atoms with van der Waals surface area (Å²) in [5, 5.41) is 3.07. The summed E-state index contributed by atoms with van der Waals surface area (Å²) in [7, 11) is 0. The lowest BCUT2D eigenvalue weighted by Crippen LogP contribution is -2.41. The second kappa shape index (κ2) is 7.96. The highest BCUT2D eigenvalue weighted by Crippen LogP contribution is 2.22. The van der Waals surface area contributed by atoms with Gasteiger partial charge in [0.05, 0.1) is 0 Å². The van der Waals surface area contributed by atoms with Crippen molar-refractivity contribution in [3.05, 3.63) is 48.1 Å². The van der Waals surface area contributed by atoms with Crippen molar-refractivity contribution in [3.63, 3.8) is 0 Å². The van der Waals surface area contributed by atoms with Crippen molar-refractivity contribution in [3.8, 4) is 0 Å². The number of nitrogens with one attached hydrogen (secondary N) is 1. The van der Waals surface area contributed by atoms with Crippen LogP contribution in [0.4, 0.5) is 5.95 Å². The van der Waals surface area contributed by atoms with E-state index in [9.17, 15) is 4.79 Å². The Morgan fingerprint density at radius 2 is 2.14 bits per heavy atom. The number of hydrogen-bond donors (Lipinski definition) is 1. The van der Waals surface area contributed by atoms with Crippen LogP contribution in [0, 0.1) is 5.92 Å². The van der Waals surface area contributed by atoms with Crippen LogP contribution >= 0.6 is 0 Å².